The van der Waals surface area contributed by atoms with Crippen LogP contribution in [0.4, 0.5) is 5.69 Å². The summed E-state index contributed by atoms with van der Waals surface area (Å²) >= 11 is 0. The highest BCUT2D eigenvalue weighted by atomic mass is 32.2. The van der Waals surface area contributed by atoms with Crippen molar-refractivity contribution in [3.05, 3.63) is 67.0 Å². The first-order valence-electron chi connectivity index (χ1n) is 8.04. The lowest BCUT2D eigenvalue weighted by molar-refractivity contribution is 0.414. The van der Waals surface area contributed by atoms with Crippen LogP contribution < -0.4 is 9.46 Å². The van der Waals surface area contributed by atoms with Crippen molar-refractivity contribution >= 4 is 26.8 Å². The third-order valence-corrected chi connectivity index (χ3v) is 5.32. The van der Waals surface area contributed by atoms with Crippen molar-refractivity contribution in [1.82, 2.24) is 9.97 Å². The Morgan fingerprint density at radius 1 is 1.04 bits per heavy atom. The fourth-order valence-electron chi connectivity index (χ4n) is 2.60. The lowest BCUT2D eigenvalue weighted by Crippen LogP contribution is -2.13. The van der Waals surface area contributed by atoms with Crippen LogP contribution in [0.5, 0.6) is 5.75 Å². The van der Waals surface area contributed by atoms with Gasteiger partial charge in [0.2, 0.25) is 5.89 Å². The number of benzene rings is 2. The minimum Gasteiger partial charge on any atom is -0.497 e. The summed E-state index contributed by atoms with van der Waals surface area (Å²) in [5.74, 6) is 0.947. The molecule has 0 amide bonds. The molecular formula is C19H15N3O4S. The average Bonchev–Trinajstić information content (AvgIpc) is 3.14. The van der Waals surface area contributed by atoms with E-state index in [-0.39, 0.29) is 4.90 Å². The Labute approximate surface area is 155 Å². The van der Waals surface area contributed by atoms with Gasteiger partial charge in [-0.3, -0.25) is 9.71 Å². The summed E-state index contributed by atoms with van der Waals surface area (Å²) in [5, 5.41) is 0. The monoisotopic (exact) mass is 381 g/mol. The molecule has 2 heterocycles. The predicted octanol–water partition coefficient (Wildman–Crippen LogP) is 3.70. The van der Waals surface area contributed by atoms with Gasteiger partial charge in [-0.1, -0.05) is 6.07 Å². The SMILES string of the molecule is COc1ccc(S(=O)(=O)Nc2cccc3oc(-c4cccnc4)nc23)cc1. The van der Waals surface area contributed by atoms with Gasteiger partial charge in [-0.25, -0.2) is 13.4 Å². The smallest absolute Gasteiger partial charge is 0.261 e. The Morgan fingerprint density at radius 2 is 1.85 bits per heavy atom. The first-order valence-corrected chi connectivity index (χ1v) is 9.52. The number of sulfonamides is 1. The normalized spacial score (nSPS) is 11.4. The third-order valence-electron chi connectivity index (χ3n) is 3.94. The standard InChI is InChI=1S/C19H15N3O4S/c1-25-14-7-9-15(10-8-14)27(23,24)22-16-5-2-6-17-18(16)21-19(26-17)13-4-3-11-20-12-13/h2-12,22H,1H3. The molecule has 0 atom stereocenters. The van der Waals surface area contributed by atoms with Crippen LogP contribution in [0.1, 0.15) is 0 Å². The number of nitrogens with one attached hydrogen (secondary N) is 1. The summed E-state index contributed by atoms with van der Waals surface area (Å²) in [6.07, 6.45) is 3.28. The van der Waals surface area contributed by atoms with E-state index < -0.39 is 10.0 Å². The summed E-state index contributed by atoms with van der Waals surface area (Å²) in [6.45, 7) is 0. The second kappa shape index (κ2) is 6.73. The molecule has 8 heteroatoms. The number of methoxy groups -OCH3 is 1. The Hall–Kier alpha value is -3.39. The summed E-state index contributed by atoms with van der Waals surface area (Å²) in [4.78, 5) is 8.60. The summed E-state index contributed by atoms with van der Waals surface area (Å²) in [7, 11) is -2.26. The minimum atomic E-state index is -3.78. The number of aromatic nitrogens is 2. The molecule has 0 radical (unpaired) electrons. The van der Waals surface area contributed by atoms with E-state index in [1.807, 2.05) is 6.07 Å². The average molecular weight is 381 g/mol. The molecule has 0 bridgehead atoms. The second-order valence-electron chi connectivity index (χ2n) is 5.69. The zero-order valence-electron chi connectivity index (χ0n) is 14.3. The molecule has 0 spiro atoms. The number of nitrogens with zero attached hydrogens (tertiary/aromatic N) is 2. The molecule has 4 rings (SSSR count). The molecule has 7 nitrogen and oxygen atoms in total. The van der Waals surface area contributed by atoms with Gasteiger partial charge < -0.3 is 9.15 Å². The van der Waals surface area contributed by atoms with Gasteiger partial charge in [0, 0.05) is 12.4 Å². The maximum Gasteiger partial charge on any atom is 0.261 e. The molecule has 0 unspecified atom stereocenters. The number of hydrogen-bond donors (Lipinski definition) is 1. The number of para-hydroxylation sites is 1. The maximum atomic E-state index is 12.7. The molecule has 0 saturated carbocycles. The van der Waals surface area contributed by atoms with E-state index in [0.717, 1.165) is 0 Å². The quantitative estimate of drug-likeness (QED) is 0.566. The lowest BCUT2D eigenvalue weighted by Gasteiger charge is -2.08. The van der Waals surface area contributed by atoms with Crippen LogP contribution in [-0.2, 0) is 10.0 Å². The van der Waals surface area contributed by atoms with E-state index in [1.165, 1.54) is 19.2 Å². The highest BCUT2D eigenvalue weighted by Crippen LogP contribution is 2.30. The topological polar surface area (TPSA) is 94.3 Å². The van der Waals surface area contributed by atoms with E-state index >= 15 is 0 Å². The second-order valence-corrected chi connectivity index (χ2v) is 7.38. The summed E-state index contributed by atoms with van der Waals surface area (Å²) in [5.41, 5.74) is 1.94. The van der Waals surface area contributed by atoms with E-state index in [1.54, 1.807) is 48.8 Å². The van der Waals surface area contributed by atoms with E-state index in [0.29, 0.717) is 34.0 Å². The zero-order valence-corrected chi connectivity index (χ0v) is 15.1. The van der Waals surface area contributed by atoms with Gasteiger partial charge in [-0.15, -0.1) is 0 Å². The Kier molecular flexibility index (Phi) is 4.25. The largest absolute Gasteiger partial charge is 0.497 e. The molecule has 0 aliphatic rings. The first kappa shape index (κ1) is 17.0. The van der Waals surface area contributed by atoms with Crippen molar-refractivity contribution in [2.75, 3.05) is 11.8 Å². The van der Waals surface area contributed by atoms with Crippen LogP contribution >= 0.6 is 0 Å². The highest BCUT2D eigenvalue weighted by molar-refractivity contribution is 7.92. The molecule has 0 fully saturated rings. The molecular weight excluding hydrogens is 366 g/mol. The van der Waals surface area contributed by atoms with Gasteiger partial charge in [0.1, 0.15) is 11.3 Å². The van der Waals surface area contributed by atoms with Crippen molar-refractivity contribution in [2.24, 2.45) is 0 Å². The molecule has 4 aromatic rings. The Balaban J connectivity index is 1.72. The van der Waals surface area contributed by atoms with Crippen LogP contribution in [0.25, 0.3) is 22.6 Å². The molecule has 0 saturated heterocycles. The van der Waals surface area contributed by atoms with E-state index in [9.17, 15) is 8.42 Å². The number of rotatable bonds is 5. The maximum absolute atomic E-state index is 12.7. The van der Waals surface area contributed by atoms with Gasteiger partial charge >= 0.3 is 0 Å². The van der Waals surface area contributed by atoms with Crippen molar-refractivity contribution in [2.45, 2.75) is 4.90 Å². The van der Waals surface area contributed by atoms with Gasteiger partial charge in [-0.2, -0.15) is 0 Å². The first-order chi connectivity index (χ1) is 13.1. The van der Waals surface area contributed by atoms with Gasteiger partial charge in [0.25, 0.3) is 10.0 Å². The van der Waals surface area contributed by atoms with E-state index in [4.69, 9.17) is 9.15 Å². The molecule has 2 aromatic carbocycles. The van der Waals surface area contributed by atoms with Crippen LogP contribution in [0.3, 0.4) is 0 Å². The summed E-state index contributed by atoms with van der Waals surface area (Å²) in [6, 6.07) is 14.8. The van der Waals surface area contributed by atoms with Crippen LogP contribution in [0, 0.1) is 0 Å². The van der Waals surface area contributed by atoms with Gasteiger partial charge in [-0.05, 0) is 48.5 Å². The van der Waals surface area contributed by atoms with E-state index in [2.05, 4.69) is 14.7 Å². The fraction of sp³-hybridized carbons (Fsp3) is 0.0526. The van der Waals surface area contributed by atoms with Crippen molar-refractivity contribution in [3.63, 3.8) is 0 Å². The molecule has 2 aromatic heterocycles. The highest BCUT2D eigenvalue weighted by Gasteiger charge is 2.18. The number of hydrogen-bond acceptors (Lipinski definition) is 6. The lowest BCUT2D eigenvalue weighted by atomic mass is 10.3. The van der Waals surface area contributed by atoms with Crippen LogP contribution in [0.15, 0.2) is 76.3 Å². The van der Waals surface area contributed by atoms with Gasteiger partial charge in [0.05, 0.1) is 23.3 Å². The van der Waals surface area contributed by atoms with Crippen molar-refractivity contribution in [1.29, 1.82) is 0 Å². The number of fused-ring (bicyclic) bond motifs is 1. The van der Waals surface area contributed by atoms with Crippen LogP contribution in [0.2, 0.25) is 0 Å². The fourth-order valence-corrected chi connectivity index (χ4v) is 3.67. The molecule has 1 N–H and O–H groups in total. The molecule has 27 heavy (non-hydrogen) atoms. The minimum absolute atomic E-state index is 0.122. The number of pyridine rings is 1. The predicted molar refractivity (Wildman–Crippen MR) is 101 cm³/mol. The van der Waals surface area contributed by atoms with Gasteiger partial charge in [0.15, 0.2) is 5.58 Å². The molecule has 0 aliphatic heterocycles. The third kappa shape index (κ3) is 3.34. The summed E-state index contributed by atoms with van der Waals surface area (Å²) < 4.78 is 38.8. The zero-order chi connectivity index (χ0) is 18.9. The Bertz CT molecular complexity index is 1190. The Morgan fingerprint density at radius 3 is 2.56 bits per heavy atom. The van der Waals surface area contributed by atoms with Crippen LogP contribution in [-0.4, -0.2) is 25.5 Å². The molecule has 136 valence electrons. The number of oxazole rings is 1. The molecule has 0 aliphatic carbocycles. The number of ether oxygens (including phenoxy) is 1. The number of anilines is 1. The van der Waals surface area contributed by atoms with Crippen molar-refractivity contribution < 1.29 is 17.6 Å². The van der Waals surface area contributed by atoms with Crippen molar-refractivity contribution in [3.8, 4) is 17.2 Å².